The number of nitrogens with zero attached hydrogens (tertiary/aromatic N) is 3. The average molecular weight is 532 g/mol. The monoisotopic (exact) mass is 531 g/mol. The topological polar surface area (TPSA) is 229 Å². The van der Waals surface area contributed by atoms with Gasteiger partial charge in [-0.25, -0.2) is 16.8 Å². The second kappa shape index (κ2) is 11.5. The molecule has 0 saturated heterocycles. The fourth-order valence-electron chi connectivity index (χ4n) is 2.38. The quantitative estimate of drug-likeness (QED) is 0.133. The summed E-state index contributed by atoms with van der Waals surface area (Å²) in [7, 11) is -9.63. The average Bonchev–Trinajstić information content (AvgIpc) is 2.62. The van der Waals surface area contributed by atoms with Crippen molar-refractivity contribution in [3.63, 3.8) is 0 Å². The molecule has 1 aromatic heterocycles. The summed E-state index contributed by atoms with van der Waals surface area (Å²) < 4.78 is 67.7. The summed E-state index contributed by atoms with van der Waals surface area (Å²) in [6.07, 6.45) is 0. The van der Waals surface area contributed by atoms with E-state index in [0.29, 0.717) is 0 Å². The summed E-state index contributed by atoms with van der Waals surface area (Å²) in [6.45, 7) is 0. The third-order valence-electron chi connectivity index (χ3n) is 3.69. The van der Waals surface area contributed by atoms with Gasteiger partial charge in [-0.15, -0.1) is 0 Å². The van der Waals surface area contributed by atoms with Gasteiger partial charge >= 0.3 is 59.1 Å². The third-order valence-corrected chi connectivity index (χ3v) is 5.64. The van der Waals surface area contributed by atoms with E-state index < -0.39 is 30.0 Å². The normalized spacial score (nSPS) is 11.1. The van der Waals surface area contributed by atoms with Crippen molar-refractivity contribution in [2.45, 2.75) is 9.79 Å². The van der Waals surface area contributed by atoms with Crippen LogP contribution in [0.4, 0.5) is 34.6 Å². The van der Waals surface area contributed by atoms with Gasteiger partial charge in [-0.05, 0) is 48.0 Å². The van der Waals surface area contributed by atoms with Gasteiger partial charge in [-0.1, -0.05) is 0 Å². The van der Waals surface area contributed by atoms with Crippen molar-refractivity contribution in [2.24, 2.45) is 0 Å². The number of nitrogens with two attached hydrogens (primary N) is 2. The van der Waals surface area contributed by atoms with Crippen LogP contribution in [0, 0.1) is 0 Å². The molecule has 0 radical (unpaired) electrons. The first kappa shape index (κ1) is 29.8. The van der Waals surface area contributed by atoms with E-state index in [4.69, 9.17) is 23.1 Å². The molecule has 0 atom stereocenters. The molecule has 2 aromatic carbocycles. The van der Waals surface area contributed by atoms with Crippen molar-refractivity contribution in [3.8, 4) is 0 Å². The Morgan fingerprint density at radius 1 is 0.727 bits per heavy atom. The Balaban J connectivity index is 0.00000272. The molecule has 0 fully saturated rings. The molecule has 6 N–H and O–H groups in total. The summed E-state index contributed by atoms with van der Waals surface area (Å²) >= 11 is 5.87. The predicted molar refractivity (Wildman–Crippen MR) is 109 cm³/mol. The fraction of sp³-hybridized carbons (Fsp3) is 0. The Bertz CT molecular complexity index is 1290. The molecule has 164 valence electrons. The van der Waals surface area contributed by atoms with Crippen LogP contribution in [-0.2, 0) is 20.2 Å². The molecular weight excluding hydrogens is 520 g/mol. The molecule has 0 aliphatic heterocycles. The van der Waals surface area contributed by atoms with E-state index in [-0.39, 0.29) is 99.0 Å². The van der Waals surface area contributed by atoms with Gasteiger partial charge in [0.1, 0.15) is 20.2 Å². The summed E-state index contributed by atoms with van der Waals surface area (Å²) in [5.41, 5.74) is 10.8. The second-order valence-corrected chi connectivity index (χ2v) is 8.95. The molecule has 1 heterocycles. The fourth-order valence-corrected chi connectivity index (χ4v) is 3.79. The Morgan fingerprint density at radius 2 is 1.09 bits per heavy atom. The maximum Gasteiger partial charge on any atom is 1.00 e. The molecular formula is C15H12ClN7Na2O6S2. The smallest absolute Gasteiger partial charge is 0.744 e. The van der Waals surface area contributed by atoms with Gasteiger partial charge in [-0.2, -0.15) is 15.0 Å². The van der Waals surface area contributed by atoms with Crippen LogP contribution < -0.4 is 81.2 Å². The number of hydrogen-bond acceptors (Lipinski definition) is 13. The maximum atomic E-state index is 11.3. The van der Waals surface area contributed by atoms with E-state index in [1.807, 2.05) is 0 Å². The van der Waals surface area contributed by atoms with Crippen molar-refractivity contribution in [2.75, 3.05) is 22.1 Å². The van der Waals surface area contributed by atoms with Crippen molar-refractivity contribution in [1.82, 2.24) is 15.0 Å². The molecule has 13 nitrogen and oxygen atoms in total. The van der Waals surface area contributed by atoms with E-state index in [0.717, 1.165) is 12.1 Å². The number of rotatable bonds is 6. The van der Waals surface area contributed by atoms with E-state index >= 15 is 0 Å². The van der Waals surface area contributed by atoms with Gasteiger partial charge in [0.25, 0.3) is 0 Å². The molecule has 0 aliphatic carbocycles. The summed E-state index contributed by atoms with van der Waals surface area (Å²) in [5, 5.41) is 5.01. The number of hydrogen-bond donors (Lipinski definition) is 4. The molecule has 18 heteroatoms. The molecule has 3 rings (SSSR count). The van der Waals surface area contributed by atoms with E-state index in [2.05, 4.69) is 25.6 Å². The van der Waals surface area contributed by atoms with Crippen LogP contribution in [0.15, 0.2) is 46.2 Å². The van der Waals surface area contributed by atoms with Gasteiger partial charge in [0.05, 0.1) is 9.79 Å². The largest absolute Gasteiger partial charge is 1.00 e. The second-order valence-electron chi connectivity index (χ2n) is 5.92. The zero-order chi connectivity index (χ0) is 23.0. The van der Waals surface area contributed by atoms with Gasteiger partial charge in [-0.3, -0.25) is 0 Å². The Hall–Kier alpha value is -1.24. The van der Waals surface area contributed by atoms with Crippen molar-refractivity contribution in [3.05, 3.63) is 41.7 Å². The summed E-state index contributed by atoms with van der Waals surface area (Å²) in [5.74, 6) is -0.290. The van der Waals surface area contributed by atoms with Crippen LogP contribution in [0.1, 0.15) is 0 Å². The van der Waals surface area contributed by atoms with Crippen molar-refractivity contribution < 1.29 is 85.1 Å². The predicted octanol–water partition coefficient (Wildman–Crippen LogP) is -5.01. The zero-order valence-corrected chi connectivity index (χ0v) is 23.5. The van der Waals surface area contributed by atoms with E-state index in [9.17, 15) is 25.9 Å². The summed E-state index contributed by atoms with van der Waals surface area (Å²) in [6, 6.07) is 7.14. The first-order valence-corrected chi connectivity index (χ1v) is 11.2. The zero-order valence-electron chi connectivity index (χ0n) is 17.1. The molecule has 3 aromatic rings. The van der Waals surface area contributed by atoms with Crippen LogP contribution in [-0.4, -0.2) is 40.9 Å². The van der Waals surface area contributed by atoms with Crippen LogP contribution in [0.5, 0.6) is 0 Å². The molecule has 0 bridgehead atoms. The van der Waals surface area contributed by atoms with Crippen LogP contribution in [0.2, 0.25) is 5.28 Å². The molecule has 0 amide bonds. The van der Waals surface area contributed by atoms with Gasteiger partial charge in [0.15, 0.2) is 0 Å². The minimum absolute atomic E-state index is 0. The van der Waals surface area contributed by atoms with Gasteiger partial charge in [0.2, 0.25) is 17.2 Å². The van der Waals surface area contributed by atoms with Crippen molar-refractivity contribution >= 4 is 66.5 Å². The number of aromatic nitrogens is 3. The minimum atomic E-state index is -4.82. The standard InChI is InChI=1S/C15H14ClN7O6S2.2Na/c16-13-21-14(19-7-1-3-9(17)11(5-7)30(24,25)26)23-15(22-13)20-8-2-4-10(18)12(6-8)31(27,28)29;;/h1-6H,17-18H2,(H,24,25,26)(H,27,28,29)(H2,19,20,21,22,23);;/q;2*+1/p-2. The van der Waals surface area contributed by atoms with E-state index in [1.54, 1.807) is 0 Å². The first-order chi connectivity index (χ1) is 14.3. The molecule has 0 aliphatic rings. The Kier molecular flexibility index (Phi) is 10.3. The van der Waals surface area contributed by atoms with Crippen LogP contribution in [0.25, 0.3) is 0 Å². The minimum Gasteiger partial charge on any atom is -0.744 e. The number of nitrogen functional groups attached to an aromatic ring is 2. The Morgan fingerprint density at radius 3 is 1.42 bits per heavy atom. The van der Waals surface area contributed by atoms with E-state index in [1.165, 1.54) is 24.3 Å². The number of halogens is 1. The third kappa shape index (κ3) is 7.90. The molecule has 0 saturated carbocycles. The van der Waals surface area contributed by atoms with Crippen LogP contribution >= 0.6 is 11.6 Å². The van der Waals surface area contributed by atoms with Gasteiger partial charge < -0.3 is 31.2 Å². The number of nitrogens with one attached hydrogen (secondary N) is 2. The molecule has 33 heavy (non-hydrogen) atoms. The van der Waals surface area contributed by atoms with Crippen LogP contribution in [0.3, 0.4) is 0 Å². The summed E-state index contributed by atoms with van der Waals surface area (Å²) in [4.78, 5) is 10.4. The van der Waals surface area contributed by atoms with Crippen molar-refractivity contribution in [1.29, 1.82) is 0 Å². The first-order valence-electron chi connectivity index (χ1n) is 7.99. The Labute approximate surface area is 237 Å². The van der Waals surface area contributed by atoms with Gasteiger partial charge in [0, 0.05) is 22.7 Å². The SMILES string of the molecule is Nc1ccc(Nc2nc(Cl)nc(Nc3ccc(N)c(S(=O)(=O)[O-])c3)n2)cc1S(=O)(=O)[O-].[Na+].[Na+]. The number of benzene rings is 2. The molecule has 0 unspecified atom stereocenters. The maximum absolute atomic E-state index is 11.3. The molecule has 0 spiro atoms. The number of anilines is 6.